The van der Waals surface area contributed by atoms with Gasteiger partial charge in [0.2, 0.25) is 0 Å². The normalized spacial score (nSPS) is 17.9. The Labute approximate surface area is 204 Å². The number of para-hydroxylation sites is 1. The first-order valence-corrected chi connectivity index (χ1v) is 11.8. The van der Waals surface area contributed by atoms with E-state index in [-0.39, 0.29) is 12.1 Å². The molecule has 3 heterocycles. The zero-order valence-corrected chi connectivity index (χ0v) is 20.4. The summed E-state index contributed by atoms with van der Waals surface area (Å²) in [4.78, 5) is 6.88. The Balaban J connectivity index is 1.70. The van der Waals surface area contributed by atoms with Gasteiger partial charge in [0, 0.05) is 34.0 Å². The molecule has 166 valence electrons. The van der Waals surface area contributed by atoms with Gasteiger partial charge in [0.15, 0.2) is 5.11 Å². The Hall–Kier alpha value is -3.15. The van der Waals surface area contributed by atoms with Gasteiger partial charge in [-0.1, -0.05) is 41.9 Å². The molecule has 1 aliphatic heterocycles. The van der Waals surface area contributed by atoms with Gasteiger partial charge in [-0.2, -0.15) is 0 Å². The number of pyridine rings is 1. The molecule has 0 amide bonds. The molecule has 1 saturated heterocycles. The minimum atomic E-state index is -0.0756. The van der Waals surface area contributed by atoms with Crippen LogP contribution in [0.5, 0.6) is 0 Å². The number of aromatic nitrogens is 2. The molecule has 2 aromatic heterocycles. The lowest BCUT2D eigenvalue weighted by Crippen LogP contribution is -2.29. The Morgan fingerprint density at radius 3 is 2.42 bits per heavy atom. The molecule has 2 atom stereocenters. The molecule has 4 aromatic rings. The van der Waals surface area contributed by atoms with E-state index in [0.717, 1.165) is 33.5 Å². The van der Waals surface area contributed by atoms with Gasteiger partial charge in [-0.15, -0.1) is 0 Å². The molecule has 1 N–H and O–H groups in total. The quantitative estimate of drug-likeness (QED) is 0.338. The molecule has 0 radical (unpaired) electrons. The number of nitrogens with zero attached hydrogens (tertiary/aromatic N) is 3. The maximum atomic E-state index is 6.37. The lowest BCUT2D eigenvalue weighted by molar-refractivity contribution is 0.565. The van der Waals surface area contributed by atoms with Crippen molar-refractivity contribution in [2.45, 2.75) is 32.9 Å². The monoisotopic (exact) mass is 472 g/mol. The average Bonchev–Trinajstić information content (AvgIpc) is 3.32. The van der Waals surface area contributed by atoms with E-state index in [4.69, 9.17) is 23.8 Å². The third-order valence-electron chi connectivity index (χ3n) is 6.33. The first-order valence-electron chi connectivity index (χ1n) is 11.0. The van der Waals surface area contributed by atoms with Gasteiger partial charge in [0.25, 0.3) is 0 Å². The van der Waals surface area contributed by atoms with Gasteiger partial charge in [0.1, 0.15) is 0 Å². The smallest absolute Gasteiger partial charge is 0.174 e. The van der Waals surface area contributed by atoms with Crippen LogP contribution in [0.4, 0.5) is 5.69 Å². The SMILES string of the molecule is Cc1ccc(Cl)cc1-n1c(C)cc([C@H]2[C@H](c3ccccn3)NC(=S)N2c2ccccc2)c1C. The fourth-order valence-corrected chi connectivity index (χ4v) is 5.33. The fourth-order valence-electron chi connectivity index (χ4n) is 4.82. The number of hydrogen-bond acceptors (Lipinski definition) is 2. The lowest BCUT2D eigenvalue weighted by atomic mass is 9.96. The number of benzene rings is 2. The van der Waals surface area contributed by atoms with E-state index in [0.29, 0.717) is 5.11 Å². The maximum absolute atomic E-state index is 6.37. The number of aryl methyl sites for hydroxylation is 2. The van der Waals surface area contributed by atoms with Crippen LogP contribution in [0.2, 0.25) is 5.02 Å². The Bertz CT molecular complexity index is 1320. The van der Waals surface area contributed by atoms with Crippen LogP contribution in [-0.4, -0.2) is 14.7 Å². The Morgan fingerprint density at radius 1 is 0.939 bits per heavy atom. The van der Waals surface area contributed by atoms with E-state index >= 15 is 0 Å². The summed E-state index contributed by atoms with van der Waals surface area (Å²) >= 11 is 12.2. The molecular weight excluding hydrogens is 448 g/mol. The van der Waals surface area contributed by atoms with Crippen LogP contribution in [-0.2, 0) is 0 Å². The van der Waals surface area contributed by atoms with Crippen molar-refractivity contribution in [3.8, 4) is 5.69 Å². The van der Waals surface area contributed by atoms with Gasteiger partial charge in [-0.25, -0.2) is 0 Å². The van der Waals surface area contributed by atoms with Gasteiger partial charge in [0.05, 0.1) is 17.8 Å². The van der Waals surface area contributed by atoms with Crippen LogP contribution in [0, 0.1) is 20.8 Å². The third kappa shape index (κ3) is 3.81. The van der Waals surface area contributed by atoms with Crippen molar-refractivity contribution in [2.75, 3.05) is 4.90 Å². The zero-order chi connectivity index (χ0) is 23.1. The number of anilines is 1. The highest BCUT2D eigenvalue weighted by atomic mass is 35.5. The molecule has 1 aliphatic rings. The maximum Gasteiger partial charge on any atom is 0.174 e. The van der Waals surface area contributed by atoms with Gasteiger partial charge in [-0.3, -0.25) is 4.98 Å². The summed E-state index contributed by atoms with van der Waals surface area (Å²) in [5, 5.41) is 4.98. The van der Waals surface area contributed by atoms with Crippen molar-refractivity contribution < 1.29 is 0 Å². The number of thiocarbonyl (C=S) groups is 1. The van der Waals surface area contributed by atoms with Crippen molar-refractivity contribution in [3.63, 3.8) is 0 Å². The van der Waals surface area contributed by atoms with Crippen LogP contribution in [0.3, 0.4) is 0 Å². The van der Waals surface area contributed by atoms with Gasteiger partial charge in [-0.05, 0) is 86.6 Å². The molecule has 0 bridgehead atoms. The van der Waals surface area contributed by atoms with Crippen LogP contribution < -0.4 is 10.2 Å². The van der Waals surface area contributed by atoms with E-state index in [1.165, 1.54) is 11.1 Å². The number of hydrogen-bond donors (Lipinski definition) is 1. The topological polar surface area (TPSA) is 33.1 Å². The van der Waals surface area contributed by atoms with E-state index in [1.54, 1.807) is 0 Å². The lowest BCUT2D eigenvalue weighted by Gasteiger charge is -2.28. The minimum absolute atomic E-state index is 0.0470. The predicted molar refractivity (Wildman–Crippen MR) is 139 cm³/mol. The summed E-state index contributed by atoms with van der Waals surface area (Å²) in [6.45, 7) is 6.42. The van der Waals surface area contributed by atoms with Crippen molar-refractivity contribution in [1.82, 2.24) is 14.9 Å². The summed E-state index contributed by atoms with van der Waals surface area (Å²) in [6.07, 6.45) is 1.83. The van der Waals surface area contributed by atoms with Gasteiger partial charge < -0.3 is 14.8 Å². The van der Waals surface area contributed by atoms with E-state index < -0.39 is 0 Å². The first-order chi connectivity index (χ1) is 16.0. The van der Waals surface area contributed by atoms with E-state index in [1.807, 2.05) is 48.7 Å². The third-order valence-corrected chi connectivity index (χ3v) is 6.88. The molecule has 33 heavy (non-hydrogen) atoms. The highest BCUT2D eigenvalue weighted by molar-refractivity contribution is 7.80. The standard InChI is InChI=1S/C27H25ClN4S/c1-17-12-13-20(28)16-24(17)31-18(2)15-22(19(31)3)26-25(23-11-7-8-14-29-23)30-27(33)32(26)21-9-5-4-6-10-21/h4-16,25-26H,1-3H3,(H,30,33)/t25-,26-/m0/s1. The highest BCUT2D eigenvalue weighted by Crippen LogP contribution is 2.43. The number of nitrogens with one attached hydrogen (secondary N) is 1. The summed E-state index contributed by atoms with van der Waals surface area (Å²) in [6, 6.07) is 24.5. The average molecular weight is 473 g/mol. The van der Waals surface area contributed by atoms with Gasteiger partial charge >= 0.3 is 0 Å². The molecule has 0 aliphatic carbocycles. The Kier molecular flexibility index (Phi) is 5.69. The summed E-state index contributed by atoms with van der Waals surface area (Å²) in [7, 11) is 0. The molecule has 5 rings (SSSR count). The fraction of sp³-hybridized carbons (Fsp3) is 0.185. The van der Waals surface area contributed by atoms with Crippen molar-refractivity contribution in [1.29, 1.82) is 0 Å². The highest BCUT2D eigenvalue weighted by Gasteiger charge is 2.42. The summed E-state index contributed by atoms with van der Waals surface area (Å²) in [5.74, 6) is 0. The first kappa shape index (κ1) is 21.7. The van der Waals surface area contributed by atoms with Crippen LogP contribution in [0.1, 0.15) is 40.3 Å². The van der Waals surface area contributed by atoms with Crippen molar-refractivity contribution in [3.05, 3.63) is 112 Å². The van der Waals surface area contributed by atoms with Crippen molar-refractivity contribution >= 4 is 34.6 Å². The Morgan fingerprint density at radius 2 is 1.70 bits per heavy atom. The molecule has 2 aromatic carbocycles. The largest absolute Gasteiger partial charge is 0.351 e. The molecule has 6 heteroatoms. The number of halogens is 1. The van der Waals surface area contributed by atoms with Crippen LogP contribution in [0.15, 0.2) is 79.0 Å². The second-order valence-electron chi connectivity index (χ2n) is 8.42. The van der Waals surface area contributed by atoms with Crippen LogP contribution >= 0.6 is 23.8 Å². The molecule has 0 spiro atoms. The van der Waals surface area contributed by atoms with E-state index in [2.05, 4.69) is 70.9 Å². The molecule has 4 nitrogen and oxygen atoms in total. The van der Waals surface area contributed by atoms with Crippen LogP contribution in [0.25, 0.3) is 5.69 Å². The van der Waals surface area contributed by atoms with Crippen molar-refractivity contribution in [2.24, 2.45) is 0 Å². The zero-order valence-electron chi connectivity index (χ0n) is 18.8. The summed E-state index contributed by atoms with van der Waals surface area (Å²) < 4.78 is 2.29. The minimum Gasteiger partial charge on any atom is -0.351 e. The van der Waals surface area contributed by atoms with E-state index in [9.17, 15) is 0 Å². The molecule has 0 unspecified atom stereocenters. The number of rotatable bonds is 4. The second-order valence-corrected chi connectivity index (χ2v) is 9.25. The molecular formula is C27H25ClN4S. The molecule has 1 fully saturated rings. The second kappa shape index (κ2) is 8.65. The summed E-state index contributed by atoms with van der Waals surface area (Å²) in [5.41, 5.74) is 7.81. The predicted octanol–water partition coefficient (Wildman–Crippen LogP) is 6.63. The molecule has 0 saturated carbocycles.